The summed E-state index contributed by atoms with van der Waals surface area (Å²) in [5.41, 5.74) is -0.532. The van der Waals surface area contributed by atoms with Crippen LogP contribution in [0, 0.1) is 0 Å². The summed E-state index contributed by atoms with van der Waals surface area (Å²) < 4.78 is 5.21. The molecule has 0 aromatic carbocycles. The van der Waals surface area contributed by atoms with Gasteiger partial charge in [-0.15, -0.1) is 0 Å². The minimum Gasteiger partial charge on any atom is -0.465 e. The van der Waals surface area contributed by atoms with Gasteiger partial charge >= 0.3 is 5.97 Å². The Labute approximate surface area is 125 Å². The molecule has 0 bridgehead atoms. The number of nitrogens with zero attached hydrogens (tertiary/aromatic N) is 1. The summed E-state index contributed by atoms with van der Waals surface area (Å²) in [4.78, 5) is 14.5. The Bertz CT molecular complexity index is 255. The standard InChI is InChI=1S/C16H34N2O2/c1-6-13-17-16(5,15(19)20-9-4)12-10-11-14-18(7-2)8-3/h17H,6-14H2,1-5H3. The van der Waals surface area contributed by atoms with Crippen molar-refractivity contribution in [1.29, 1.82) is 0 Å². The van der Waals surface area contributed by atoms with Crippen LogP contribution in [0.3, 0.4) is 0 Å². The molecular formula is C16H34N2O2. The zero-order valence-corrected chi connectivity index (χ0v) is 14.1. The second-order valence-corrected chi connectivity index (χ2v) is 5.46. The second kappa shape index (κ2) is 11.1. The van der Waals surface area contributed by atoms with Crippen molar-refractivity contribution in [2.24, 2.45) is 0 Å². The summed E-state index contributed by atoms with van der Waals surface area (Å²) in [5.74, 6) is -0.115. The maximum Gasteiger partial charge on any atom is 0.326 e. The Morgan fingerprint density at radius 3 is 2.30 bits per heavy atom. The van der Waals surface area contributed by atoms with E-state index in [4.69, 9.17) is 4.74 Å². The fourth-order valence-electron chi connectivity index (χ4n) is 2.31. The van der Waals surface area contributed by atoms with Crippen LogP contribution in [0.25, 0.3) is 0 Å². The van der Waals surface area contributed by atoms with Crippen LogP contribution in [0.1, 0.15) is 60.3 Å². The number of hydrogen-bond donors (Lipinski definition) is 1. The molecule has 0 heterocycles. The van der Waals surface area contributed by atoms with Crippen molar-refractivity contribution in [3.05, 3.63) is 0 Å². The van der Waals surface area contributed by atoms with Crippen LogP contribution in [0.4, 0.5) is 0 Å². The molecule has 0 fully saturated rings. The minimum atomic E-state index is -0.532. The maximum atomic E-state index is 12.1. The lowest BCUT2D eigenvalue weighted by molar-refractivity contribution is -0.150. The number of ether oxygens (including phenoxy) is 1. The molecule has 0 rings (SSSR count). The van der Waals surface area contributed by atoms with Gasteiger partial charge in [0.15, 0.2) is 0 Å². The third-order valence-electron chi connectivity index (χ3n) is 3.79. The van der Waals surface area contributed by atoms with Crippen LogP contribution in [0.2, 0.25) is 0 Å². The van der Waals surface area contributed by atoms with Crippen molar-refractivity contribution in [2.45, 2.75) is 65.8 Å². The van der Waals surface area contributed by atoms with Crippen molar-refractivity contribution in [3.63, 3.8) is 0 Å². The smallest absolute Gasteiger partial charge is 0.326 e. The number of carbonyl (C=O) groups is 1. The molecule has 1 N–H and O–H groups in total. The largest absolute Gasteiger partial charge is 0.465 e. The summed E-state index contributed by atoms with van der Waals surface area (Å²) in [6, 6.07) is 0. The lowest BCUT2D eigenvalue weighted by Crippen LogP contribution is -2.50. The predicted octanol–water partition coefficient (Wildman–Crippen LogP) is 2.82. The third kappa shape index (κ3) is 7.25. The van der Waals surface area contributed by atoms with Gasteiger partial charge in [0, 0.05) is 0 Å². The van der Waals surface area contributed by atoms with Crippen LogP contribution in [0.15, 0.2) is 0 Å². The van der Waals surface area contributed by atoms with Crippen LogP contribution >= 0.6 is 0 Å². The van der Waals surface area contributed by atoms with Gasteiger partial charge in [-0.1, -0.05) is 20.8 Å². The summed E-state index contributed by atoms with van der Waals surface area (Å²) in [5, 5.41) is 3.36. The zero-order valence-electron chi connectivity index (χ0n) is 14.1. The summed E-state index contributed by atoms with van der Waals surface area (Å²) in [6.45, 7) is 14.9. The normalized spacial score (nSPS) is 14.3. The fraction of sp³-hybridized carbons (Fsp3) is 0.938. The van der Waals surface area contributed by atoms with Gasteiger partial charge < -0.3 is 15.0 Å². The maximum absolute atomic E-state index is 12.1. The van der Waals surface area contributed by atoms with E-state index in [9.17, 15) is 4.79 Å². The van der Waals surface area contributed by atoms with E-state index in [1.165, 1.54) is 0 Å². The Balaban J connectivity index is 4.25. The molecule has 0 amide bonds. The summed E-state index contributed by atoms with van der Waals surface area (Å²) in [7, 11) is 0. The molecule has 0 aromatic heterocycles. The molecule has 0 aliphatic carbocycles. The number of rotatable bonds is 12. The fourth-order valence-corrected chi connectivity index (χ4v) is 2.31. The highest BCUT2D eigenvalue weighted by Gasteiger charge is 2.33. The average Bonchev–Trinajstić information content (AvgIpc) is 2.45. The first-order valence-electron chi connectivity index (χ1n) is 8.18. The van der Waals surface area contributed by atoms with E-state index in [0.29, 0.717) is 6.61 Å². The predicted molar refractivity (Wildman–Crippen MR) is 85.0 cm³/mol. The van der Waals surface area contributed by atoms with Gasteiger partial charge in [-0.05, 0) is 65.7 Å². The average molecular weight is 286 g/mol. The highest BCUT2D eigenvalue weighted by atomic mass is 16.5. The van der Waals surface area contributed by atoms with Gasteiger partial charge in [0.1, 0.15) is 5.54 Å². The molecule has 0 spiro atoms. The molecule has 4 heteroatoms. The highest BCUT2D eigenvalue weighted by molar-refractivity contribution is 5.80. The minimum absolute atomic E-state index is 0.115. The van der Waals surface area contributed by atoms with E-state index >= 15 is 0 Å². The number of nitrogens with one attached hydrogen (secondary N) is 1. The Kier molecular flexibility index (Phi) is 10.8. The first kappa shape index (κ1) is 19.4. The van der Waals surface area contributed by atoms with Crippen molar-refractivity contribution >= 4 is 5.97 Å². The van der Waals surface area contributed by atoms with Crippen LogP contribution in [-0.4, -0.2) is 49.2 Å². The number of carbonyl (C=O) groups excluding carboxylic acids is 1. The zero-order chi connectivity index (χ0) is 15.4. The van der Waals surface area contributed by atoms with Crippen LogP contribution < -0.4 is 5.32 Å². The van der Waals surface area contributed by atoms with Crippen LogP contribution in [0.5, 0.6) is 0 Å². The molecule has 0 aromatic rings. The molecule has 120 valence electrons. The summed E-state index contributed by atoms with van der Waals surface area (Å²) >= 11 is 0. The van der Waals surface area contributed by atoms with Gasteiger partial charge in [0.25, 0.3) is 0 Å². The molecule has 0 saturated heterocycles. The topological polar surface area (TPSA) is 41.6 Å². The van der Waals surface area contributed by atoms with E-state index < -0.39 is 5.54 Å². The molecule has 1 atom stereocenters. The third-order valence-corrected chi connectivity index (χ3v) is 3.79. The van der Waals surface area contributed by atoms with Crippen LogP contribution in [-0.2, 0) is 9.53 Å². The molecule has 4 nitrogen and oxygen atoms in total. The van der Waals surface area contributed by atoms with Crippen molar-refractivity contribution in [1.82, 2.24) is 10.2 Å². The van der Waals surface area contributed by atoms with E-state index in [1.807, 2.05) is 13.8 Å². The van der Waals surface area contributed by atoms with Gasteiger partial charge in [0.2, 0.25) is 0 Å². The van der Waals surface area contributed by atoms with Gasteiger partial charge in [0.05, 0.1) is 6.61 Å². The van der Waals surface area contributed by atoms with Crippen molar-refractivity contribution in [2.75, 3.05) is 32.8 Å². The highest BCUT2D eigenvalue weighted by Crippen LogP contribution is 2.16. The lowest BCUT2D eigenvalue weighted by atomic mass is 9.94. The Morgan fingerprint density at radius 1 is 1.15 bits per heavy atom. The molecule has 0 aliphatic rings. The molecule has 20 heavy (non-hydrogen) atoms. The van der Waals surface area contributed by atoms with E-state index in [0.717, 1.165) is 51.9 Å². The quantitative estimate of drug-likeness (QED) is 0.442. The second-order valence-electron chi connectivity index (χ2n) is 5.46. The lowest BCUT2D eigenvalue weighted by Gasteiger charge is -2.29. The number of esters is 1. The SMILES string of the molecule is CCCNC(C)(CCCCN(CC)CC)C(=O)OCC. The molecule has 0 aliphatic heterocycles. The van der Waals surface area contributed by atoms with Gasteiger partial charge in [-0.3, -0.25) is 4.79 Å². The van der Waals surface area contributed by atoms with E-state index in [-0.39, 0.29) is 5.97 Å². The number of unbranched alkanes of at least 4 members (excludes halogenated alkanes) is 1. The summed E-state index contributed by atoms with van der Waals surface area (Å²) in [6.07, 6.45) is 4.04. The molecule has 1 unspecified atom stereocenters. The van der Waals surface area contributed by atoms with E-state index in [1.54, 1.807) is 0 Å². The Morgan fingerprint density at radius 2 is 1.80 bits per heavy atom. The van der Waals surface area contributed by atoms with Crippen molar-refractivity contribution in [3.8, 4) is 0 Å². The Hall–Kier alpha value is -0.610. The van der Waals surface area contributed by atoms with Gasteiger partial charge in [-0.2, -0.15) is 0 Å². The van der Waals surface area contributed by atoms with E-state index in [2.05, 4.69) is 31.0 Å². The molecule has 0 radical (unpaired) electrons. The first-order valence-corrected chi connectivity index (χ1v) is 8.18. The monoisotopic (exact) mass is 286 g/mol. The first-order chi connectivity index (χ1) is 9.53. The molecular weight excluding hydrogens is 252 g/mol. The number of hydrogen-bond acceptors (Lipinski definition) is 4. The van der Waals surface area contributed by atoms with Gasteiger partial charge in [-0.25, -0.2) is 0 Å². The van der Waals surface area contributed by atoms with Crippen molar-refractivity contribution < 1.29 is 9.53 Å². The molecule has 0 saturated carbocycles.